The number of carbonyl (C=O) groups is 1. The number of nitrogens with two attached hydrogens (primary N) is 1. The molecule has 240 valence electrons. The number of nitrogens with one attached hydrogen (secondary N) is 2. The molecule has 2 aromatic heterocycles. The number of pyridine rings is 1. The highest BCUT2D eigenvalue weighted by atomic mass is 19.4. The quantitative estimate of drug-likeness (QED) is 0.270. The summed E-state index contributed by atoms with van der Waals surface area (Å²) < 4.78 is 85.6. The van der Waals surface area contributed by atoms with E-state index in [4.69, 9.17) is 15.2 Å². The van der Waals surface area contributed by atoms with Crippen LogP contribution >= 0.6 is 0 Å². The van der Waals surface area contributed by atoms with Gasteiger partial charge in [0, 0.05) is 38.5 Å². The molecule has 1 aromatic carbocycles. The van der Waals surface area contributed by atoms with E-state index in [0.29, 0.717) is 45.1 Å². The molecule has 0 saturated carbocycles. The predicted octanol–water partition coefficient (Wildman–Crippen LogP) is 5.08. The molecule has 0 radical (unpaired) electrons. The lowest BCUT2D eigenvalue weighted by Crippen LogP contribution is -2.29. The van der Waals surface area contributed by atoms with Crippen LogP contribution in [0.25, 0.3) is 22.2 Å². The lowest BCUT2D eigenvalue weighted by molar-refractivity contribution is -0.137. The topological polar surface area (TPSA) is 128 Å². The molecule has 0 spiro atoms. The van der Waals surface area contributed by atoms with Crippen LogP contribution in [0.1, 0.15) is 51.7 Å². The average Bonchev–Trinajstić information content (AvgIpc) is 3.42. The van der Waals surface area contributed by atoms with Crippen LogP contribution in [-0.4, -0.2) is 70.7 Å². The molecule has 4 N–H and O–H groups in total. The number of benzene rings is 1. The van der Waals surface area contributed by atoms with Gasteiger partial charge in [0.1, 0.15) is 34.3 Å². The van der Waals surface area contributed by atoms with Crippen LogP contribution in [-0.2, 0) is 11.0 Å². The van der Waals surface area contributed by atoms with Crippen molar-refractivity contribution in [1.82, 2.24) is 25.2 Å². The molecular formula is C29H36F5N7O3. The number of hydrogen-bond donors (Lipinski definition) is 3. The summed E-state index contributed by atoms with van der Waals surface area (Å²) in [4.78, 5) is 26.2. The van der Waals surface area contributed by atoms with Crippen molar-refractivity contribution in [3.8, 4) is 23.1 Å². The number of ether oxygens (including phenoxy) is 2. The van der Waals surface area contributed by atoms with E-state index < -0.39 is 63.6 Å². The number of nitrogens with zero attached hydrogens (tertiary/aromatic N) is 4. The fraction of sp³-hybridized carbons (Fsp3) is 0.517. The van der Waals surface area contributed by atoms with E-state index in [0.717, 1.165) is 6.92 Å². The third-order valence-corrected chi connectivity index (χ3v) is 7.29. The van der Waals surface area contributed by atoms with Crippen molar-refractivity contribution in [2.45, 2.75) is 65.8 Å². The van der Waals surface area contributed by atoms with Gasteiger partial charge in [0.05, 0.1) is 23.9 Å². The van der Waals surface area contributed by atoms with Crippen molar-refractivity contribution in [2.24, 2.45) is 0 Å². The summed E-state index contributed by atoms with van der Waals surface area (Å²) in [6.45, 7) is 10.3. The lowest BCUT2D eigenvalue weighted by atomic mass is 9.96. The Kier molecular flexibility index (Phi) is 9.96. The molecule has 0 aliphatic carbocycles. The van der Waals surface area contributed by atoms with E-state index >= 15 is 4.39 Å². The molecule has 1 amide bonds. The highest BCUT2D eigenvalue weighted by Crippen LogP contribution is 2.44. The van der Waals surface area contributed by atoms with Crippen LogP contribution in [0.15, 0.2) is 6.07 Å². The van der Waals surface area contributed by atoms with Gasteiger partial charge in [-0.25, -0.2) is 13.8 Å². The SMILES string of the molecule is CC.CC(=O)N1CCC(Oc2nc3c4c(nc(-c5cc(N)c(F)c(C)c5C(F)(F)F)c(F)c4n2)OC(C)CCNCCN3)C1. The fourth-order valence-electron chi connectivity index (χ4n) is 5.14. The van der Waals surface area contributed by atoms with Crippen molar-refractivity contribution >= 4 is 28.3 Å². The number of alkyl halides is 3. The number of nitrogen functional groups attached to an aromatic ring is 1. The van der Waals surface area contributed by atoms with Crippen molar-refractivity contribution in [2.75, 3.05) is 43.8 Å². The fourth-order valence-corrected chi connectivity index (χ4v) is 5.14. The van der Waals surface area contributed by atoms with Crippen molar-refractivity contribution in [1.29, 1.82) is 0 Å². The standard InChI is InChI=1S/C27H30F5N7O3.C2H6/c1-12-4-6-34-7-8-35-24-18-23(37-26(38-24)42-15-5-9-39(11-15)14(3)40)21(29)22(36-25(18)41-12)16-10-17(33)20(28)13(2)19(16)27(30,31)32;1-2/h10,12,15,34H,4-9,11,33H2,1-3H3,(H,35,37,38);1-2H3. The molecular weight excluding hydrogens is 589 g/mol. The molecule has 2 unspecified atom stereocenters. The molecule has 2 aliphatic rings. The Morgan fingerprint density at radius 1 is 1.11 bits per heavy atom. The molecule has 2 aliphatic heterocycles. The molecule has 4 heterocycles. The van der Waals surface area contributed by atoms with E-state index in [1.807, 2.05) is 13.8 Å². The summed E-state index contributed by atoms with van der Waals surface area (Å²) in [6, 6.07) is 0.462. The molecule has 1 fully saturated rings. The largest absolute Gasteiger partial charge is 0.474 e. The summed E-state index contributed by atoms with van der Waals surface area (Å²) in [5.41, 5.74) is 0.954. The Labute approximate surface area is 251 Å². The van der Waals surface area contributed by atoms with Crippen LogP contribution in [0, 0.1) is 18.6 Å². The Balaban J connectivity index is 0.00000216. The minimum absolute atomic E-state index is 0.00880. The van der Waals surface area contributed by atoms with Crippen LogP contribution in [0.5, 0.6) is 11.9 Å². The van der Waals surface area contributed by atoms with Gasteiger partial charge in [0.2, 0.25) is 11.8 Å². The summed E-state index contributed by atoms with van der Waals surface area (Å²) in [7, 11) is 0. The number of amides is 1. The van der Waals surface area contributed by atoms with Crippen molar-refractivity contribution in [3.05, 3.63) is 28.8 Å². The van der Waals surface area contributed by atoms with Gasteiger partial charge < -0.3 is 30.7 Å². The third kappa shape index (κ3) is 6.71. The highest BCUT2D eigenvalue weighted by Gasteiger charge is 2.39. The second-order valence-electron chi connectivity index (χ2n) is 10.4. The van der Waals surface area contributed by atoms with Gasteiger partial charge in [-0.3, -0.25) is 4.79 Å². The summed E-state index contributed by atoms with van der Waals surface area (Å²) in [5, 5.41) is 6.32. The van der Waals surface area contributed by atoms with Gasteiger partial charge in [-0.05, 0) is 38.4 Å². The zero-order valence-corrected chi connectivity index (χ0v) is 25.2. The number of hydrogen-bond acceptors (Lipinski definition) is 9. The van der Waals surface area contributed by atoms with E-state index in [9.17, 15) is 22.4 Å². The molecule has 1 saturated heterocycles. The van der Waals surface area contributed by atoms with Crippen molar-refractivity contribution < 1.29 is 36.2 Å². The molecule has 10 nitrogen and oxygen atoms in total. The Bertz CT molecular complexity index is 1540. The maximum Gasteiger partial charge on any atom is 0.417 e. The van der Waals surface area contributed by atoms with E-state index in [1.165, 1.54) is 6.92 Å². The Morgan fingerprint density at radius 3 is 2.50 bits per heavy atom. The van der Waals surface area contributed by atoms with E-state index in [2.05, 4.69) is 25.6 Å². The number of carbonyl (C=O) groups excluding carboxylic acids is 1. The van der Waals surface area contributed by atoms with E-state index in [1.54, 1.807) is 11.8 Å². The first kappa shape index (κ1) is 32.9. The second kappa shape index (κ2) is 13.3. The second-order valence-corrected chi connectivity index (χ2v) is 10.4. The Morgan fingerprint density at radius 2 is 1.84 bits per heavy atom. The molecule has 44 heavy (non-hydrogen) atoms. The van der Waals surface area contributed by atoms with Crippen LogP contribution in [0.2, 0.25) is 0 Å². The van der Waals surface area contributed by atoms with Crippen molar-refractivity contribution in [3.63, 3.8) is 0 Å². The molecule has 3 aromatic rings. The minimum Gasteiger partial charge on any atom is -0.474 e. The zero-order chi connectivity index (χ0) is 32.3. The van der Waals surface area contributed by atoms with Crippen LogP contribution in [0.3, 0.4) is 0 Å². The van der Waals surface area contributed by atoms with Gasteiger partial charge >= 0.3 is 12.2 Å². The first-order valence-corrected chi connectivity index (χ1v) is 14.5. The highest BCUT2D eigenvalue weighted by molar-refractivity contribution is 5.96. The van der Waals surface area contributed by atoms with Gasteiger partial charge in [0.15, 0.2) is 5.82 Å². The number of likely N-dealkylation sites (tertiary alicyclic amines) is 1. The summed E-state index contributed by atoms with van der Waals surface area (Å²) >= 11 is 0. The average molecular weight is 626 g/mol. The van der Waals surface area contributed by atoms with Gasteiger partial charge in [-0.2, -0.15) is 23.1 Å². The normalized spacial score (nSPS) is 18.9. The summed E-state index contributed by atoms with van der Waals surface area (Å²) in [6.07, 6.45) is -5.04. The monoisotopic (exact) mass is 625 g/mol. The smallest absolute Gasteiger partial charge is 0.417 e. The molecule has 15 heteroatoms. The van der Waals surface area contributed by atoms with Crippen LogP contribution in [0.4, 0.5) is 33.5 Å². The molecule has 5 rings (SSSR count). The number of rotatable bonds is 3. The first-order valence-electron chi connectivity index (χ1n) is 14.5. The summed E-state index contributed by atoms with van der Waals surface area (Å²) in [5.74, 6) is -2.72. The maximum atomic E-state index is 16.4. The van der Waals surface area contributed by atoms with Gasteiger partial charge in [0.25, 0.3) is 0 Å². The number of halogens is 5. The molecule has 0 bridgehead atoms. The number of aromatic nitrogens is 3. The minimum atomic E-state index is -5.06. The van der Waals surface area contributed by atoms with E-state index in [-0.39, 0.29) is 35.5 Å². The van der Waals surface area contributed by atoms with Crippen LogP contribution < -0.4 is 25.8 Å². The molecule has 2 atom stereocenters. The Hall–Kier alpha value is -4.01. The predicted molar refractivity (Wildman–Crippen MR) is 156 cm³/mol. The zero-order valence-electron chi connectivity index (χ0n) is 25.2. The maximum absolute atomic E-state index is 16.4. The third-order valence-electron chi connectivity index (χ3n) is 7.29. The van der Waals surface area contributed by atoms with Gasteiger partial charge in [-0.15, -0.1) is 0 Å². The first-order chi connectivity index (χ1) is 20.8. The number of anilines is 2. The van der Waals surface area contributed by atoms with Gasteiger partial charge in [-0.1, -0.05) is 13.8 Å². The lowest BCUT2D eigenvalue weighted by Gasteiger charge is -2.21.